The summed E-state index contributed by atoms with van der Waals surface area (Å²) in [5.74, 6) is 0.247. The molecule has 1 aromatic carbocycles. The Morgan fingerprint density at radius 1 is 1.08 bits per heavy atom. The van der Waals surface area contributed by atoms with Gasteiger partial charge in [-0.25, -0.2) is 24.3 Å². The number of nitrogen functional groups attached to an aromatic ring is 1. The number of aromatic nitrogens is 6. The van der Waals surface area contributed by atoms with Crippen LogP contribution in [0.4, 0.5) is 16.0 Å². The monoisotopic (exact) mass is 480 g/mol. The number of halogens is 1. The van der Waals surface area contributed by atoms with Crippen molar-refractivity contribution in [2.24, 2.45) is 0 Å². The summed E-state index contributed by atoms with van der Waals surface area (Å²) in [5.41, 5.74) is 10.1. The van der Waals surface area contributed by atoms with E-state index in [0.717, 1.165) is 11.3 Å². The van der Waals surface area contributed by atoms with E-state index in [1.165, 1.54) is 12.1 Å². The summed E-state index contributed by atoms with van der Waals surface area (Å²) < 4.78 is 15.2. The van der Waals surface area contributed by atoms with Gasteiger partial charge in [0.2, 0.25) is 5.91 Å². The molecule has 0 saturated heterocycles. The van der Waals surface area contributed by atoms with E-state index in [0.29, 0.717) is 40.4 Å². The Bertz CT molecular complexity index is 1650. The molecule has 3 N–H and O–H groups in total. The van der Waals surface area contributed by atoms with Gasteiger partial charge in [-0.05, 0) is 43.2 Å². The number of carbonyl (C=O) groups is 1. The summed E-state index contributed by atoms with van der Waals surface area (Å²) in [4.78, 5) is 35.8. The second-order valence-electron chi connectivity index (χ2n) is 8.96. The predicted octanol–water partition coefficient (Wildman–Crippen LogP) is 3.46. The smallest absolute Gasteiger partial charge is 0.240 e. The van der Waals surface area contributed by atoms with Crippen molar-refractivity contribution in [1.82, 2.24) is 29.3 Å². The summed E-state index contributed by atoms with van der Waals surface area (Å²) in [6, 6.07) is 9.96. The molecule has 4 aromatic heterocycles. The van der Waals surface area contributed by atoms with Crippen molar-refractivity contribution in [2.45, 2.75) is 25.7 Å². The molecule has 36 heavy (non-hydrogen) atoms. The average Bonchev–Trinajstić information content (AvgIpc) is 3.44. The number of rotatable bonds is 4. The van der Waals surface area contributed by atoms with E-state index in [1.807, 2.05) is 23.5 Å². The summed E-state index contributed by atoms with van der Waals surface area (Å²) in [5, 5.41) is 2.86. The van der Waals surface area contributed by atoms with Crippen LogP contribution in [0.25, 0.3) is 17.2 Å². The molecule has 1 atom stereocenters. The molecule has 5 aromatic rings. The third-order valence-corrected chi connectivity index (χ3v) is 6.57. The Morgan fingerprint density at radius 2 is 1.89 bits per heavy atom. The van der Waals surface area contributed by atoms with Crippen molar-refractivity contribution >= 4 is 23.2 Å². The number of amides is 1. The zero-order valence-electron chi connectivity index (χ0n) is 19.5. The molecule has 0 saturated carbocycles. The van der Waals surface area contributed by atoms with Gasteiger partial charge < -0.3 is 15.5 Å². The fraction of sp³-hybridized carbons (Fsp3) is 0.154. The Balaban J connectivity index is 1.45. The second-order valence-corrected chi connectivity index (χ2v) is 8.96. The van der Waals surface area contributed by atoms with Gasteiger partial charge in [-0.1, -0.05) is 18.2 Å². The van der Waals surface area contributed by atoms with Gasteiger partial charge in [-0.2, -0.15) is 0 Å². The highest BCUT2D eigenvalue weighted by Gasteiger charge is 2.47. The number of carbonyl (C=O) groups excluding carboxylic acids is 1. The zero-order valence-corrected chi connectivity index (χ0v) is 19.5. The van der Waals surface area contributed by atoms with Gasteiger partial charge >= 0.3 is 0 Å². The molecule has 0 spiro atoms. The van der Waals surface area contributed by atoms with Crippen LogP contribution in [-0.2, 0) is 16.6 Å². The largest absolute Gasteiger partial charge is 0.383 e. The minimum absolute atomic E-state index is 0.184. The quantitative estimate of drug-likeness (QED) is 0.404. The van der Waals surface area contributed by atoms with E-state index >= 15 is 0 Å². The average molecular weight is 481 g/mol. The maximum atomic E-state index is 13.4. The molecule has 0 fully saturated rings. The Kier molecular flexibility index (Phi) is 4.78. The maximum absolute atomic E-state index is 13.4. The van der Waals surface area contributed by atoms with E-state index in [9.17, 15) is 9.18 Å². The lowest BCUT2D eigenvalue weighted by Crippen LogP contribution is -2.33. The highest BCUT2D eigenvalue weighted by atomic mass is 19.1. The number of imidazole rings is 1. The molecular weight excluding hydrogens is 459 g/mol. The second kappa shape index (κ2) is 7.91. The van der Waals surface area contributed by atoms with Gasteiger partial charge in [0, 0.05) is 36.9 Å². The molecule has 10 heteroatoms. The molecule has 178 valence electrons. The maximum Gasteiger partial charge on any atom is 0.240 e. The molecular formula is C26H21FN8O. The highest BCUT2D eigenvalue weighted by Crippen LogP contribution is 2.44. The first-order valence-electron chi connectivity index (χ1n) is 11.3. The highest BCUT2D eigenvalue weighted by molar-refractivity contribution is 6.09. The Morgan fingerprint density at radius 3 is 2.64 bits per heavy atom. The van der Waals surface area contributed by atoms with Crippen molar-refractivity contribution in [3.8, 4) is 11.5 Å². The first-order valence-corrected chi connectivity index (χ1v) is 11.3. The third-order valence-electron chi connectivity index (χ3n) is 6.57. The number of nitrogens with one attached hydrogen (secondary N) is 1. The first-order chi connectivity index (χ1) is 17.3. The minimum Gasteiger partial charge on any atom is -0.383 e. The Labute approximate surface area is 205 Å². The lowest BCUT2D eigenvalue weighted by molar-refractivity contribution is -0.119. The van der Waals surface area contributed by atoms with Crippen molar-refractivity contribution < 1.29 is 9.18 Å². The normalized spacial score (nSPS) is 16.8. The predicted molar refractivity (Wildman–Crippen MR) is 132 cm³/mol. The van der Waals surface area contributed by atoms with Gasteiger partial charge in [-0.3, -0.25) is 9.78 Å². The molecule has 6 rings (SSSR count). The van der Waals surface area contributed by atoms with Crippen LogP contribution in [0.3, 0.4) is 0 Å². The van der Waals surface area contributed by atoms with Crippen LogP contribution in [0.5, 0.6) is 0 Å². The van der Waals surface area contributed by atoms with Gasteiger partial charge in [0.05, 0.1) is 11.3 Å². The molecule has 0 bridgehead atoms. The van der Waals surface area contributed by atoms with Crippen LogP contribution < -0.4 is 11.1 Å². The van der Waals surface area contributed by atoms with E-state index in [-0.39, 0.29) is 23.4 Å². The third kappa shape index (κ3) is 3.37. The number of anilines is 2. The fourth-order valence-corrected chi connectivity index (χ4v) is 4.58. The number of hydrogen-bond donors (Lipinski definition) is 2. The SMILES string of the molecule is Cc1ccc(C2(C)C(=O)Nc3nc(-c4cn5ccnc5c(Cc5ccc(F)cc5)n4)nc(N)c32)cn1. The van der Waals surface area contributed by atoms with Crippen LogP contribution in [0, 0.1) is 12.7 Å². The summed E-state index contributed by atoms with van der Waals surface area (Å²) in [7, 11) is 0. The number of pyridine rings is 1. The van der Waals surface area contributed by atoms with Gasteiger partial charge in [0.25, 0.3) is 0 Å². The topological polar surface area (TPSA) is 124 Å². The standard InChI is InChI=1S/C26H21FN8O/c1-14-3-6-16(12-30-14)26(2)20-21(28)32-22(33-23(20)34-25(26)36)19-13-35-10-9-29-24(35)18(31-19)11-15-4-7-17(27)8-5-15/h3-10,12-13H,11H2,1-2H3,(H3,28,32,33,34,36). The van der Waals surface area contributed by atoms with Gasteiger partial charge in [0.1, 0.15) is 28.6 Å². The molecule has 0 aliphatic carbocycles. The van der Waals surface area contributed by atoms with Gasteiger partial charge in [-0.15, -0.1) is 0 Å². The van der Waals surface area contributed by atoms with Crippen molar-refractivity contribution in [3.63, 3.8) is 0 Å². The van der Waals surface area contributed by atoms with Crippen LogP contribution in [0.2, 0.25) is 0 Å². The van der Waals surface area contributed by atoms with Crippen LogP contribution in [0.15, 0.2) is 61.2 Å². The molecule has 5 heterocycles. The molecule has 1 aliphatic heterocycles. The number of nitrogens with zero attached hydrogens (tertiary/aromatic N) is 6. The van der Waals surface area contributed by atoms with E-state index in [4.69, 9.17) is 10.7 Å². The molecule has 9 nitrogen and oxygen atoms in total. The number of aryl methyl sites for hydroxylation is 1. The Hall–Kier alpha value is -4.73. The van der Waals surface area contributed by atoms with Crippen molar-refractivity contribution in [2.75, 3.05) is 11.1 Å². The van der Waals surface area contributed by atoms with E-state index in [2.05, 4.69) is 25.3 Å². The molecule has 1 aliphatic rings. The van der Waals surface area contributed by atoms with Gasteiger partial charge in [0.15, 0.2) is 11.5 Å². The number of fused-ring (bicyclic) bond motifs is 2. The van der Waals surface area contributed by atoms with Crippen LogP contribution >= 0.6 is 0 Å². The minimum atomic E-state index is -1.08. The molecule has 0 radical (unpaired) electrons. The van der Waals surface area contributed by atoms with Crippen LogP contribution in [-0.4, -0.2) is 35.2 Å². The molecule has 1 unspecified atom stereocenters. The van der Waals surface area contributed by atoms with E-state index in [1.54, 1.807) is 43.8 Å². The summed E-state index contributed by atoms with van der Waals surface area (Å²) in [6.07, 6.45) is 7.35. The lowest BCUT2D eigenvalue weighted by atomic mass is 9.78. The van der Waals surface area contributed by atoms with Crippen molar-refractivity contribution in [3.05, 3.63) is 95.1 Å². The van der Waals surface area contributed by atoms with E-state index < -0.39 is 5.41 Å². The fourth-order valence-electron chi connectivity index (χ4n) is 4.58. The first kappa shape index (κ1) is 21.8. The number of nitrogens with two attached hydrogens (primary N) is 1. The lowest BCUT2D eigenvalue weighted by Gasteiger charge is -2.23. The van der Waals surface area contributed by atoms with Crippen molar-refractivity contribution in [1.29, 1.82) is 0 Å². The molecule has 1 amide bonds. The number of hydrogen-bond acceptors (Lipinski definition) is 7. The summed E-state index contributed by atoms with van der Waals surface area (Å²) >= 11 is 0. The summed E-state index contributed by atoms with van der Waals surface area (Å²) in [6.45, 7) is 3.67. The van der Waals surface area contributed by atoms with Crippen LogP contribution in [0.1, 0.15) is 35.0 Å². The zero-order chi connectivity index (χ0) is 25.0. The number of benzene rings is 1.